The van der Waals surface area contributed by atoms with Crippen LogP contribution in [-0.4, -0.2) is 15.3 Å². The van der Waals surface area contributed by atoms with Crippen molar-refractivity contribution < 1.29 is 4.92 Å². The summed E-state index contributed by atoms with van der Waals surface area (Å²) in [4.78, 5) is 16.4. The Morgan fingerprint density at radius 3 is 2.65 bits per heavy atom. The van der Waals surface area contributed by atoms with Gasteiger partial charge in [-0.25, -0.2) is 9.67 Å². The predicted octanol–water partition coefficient (Wildman–Crippen LogP) is 6.39. The molecule has 0 spiro atoms. The monoisotopic (exact) mass is 434 g/mol. The molecule has 4 rings (SSSR count). The molecule has 7 heteroatoms. The van der Waals surface area contributed by atoms with E-state index in [0.29, 0.717) is 5.92 Å². The van der Waals surface area contributed by atoms with Crippen molar-refractivity contribution in [1.29, 1.82) is 0 Å². The van der Waals surface area contributed by atoms with Gasteiger partial charge >= 0.3 is 0 Å². The molecule has 6 nitrogen and oxygen atoms in total. The molecule has 0 radical (unpaired) electrons. The molecule has 0 amide bonds. The first-order valence-electron chi connectivity index (χ1n) is 10.5. The lowest BCUT2D eigenvalue weighted by molar-refractivity contribution is -0.384. The molecule has 0 bridgehead atoms. The normalized spacial score (nSPS) is 18.5. The van der Waals surface area contributed by atoms with Crippen molar-refractivity contribution in [3.8, 4) is 11.3 Å². The highest BCUT2D eigenvalue weighted by atomic mass is 32.1. The molecule has 1 aliphatic carbocycles. The molecule has 0 N–H and O–H groups in total. The van der Waals surface area contributed by atoms with Gasteiger partial charge in [-0.15, -0.1) is 11.3 Å². The number of hydrogen-bond acceptors (Lipinski definition) is 5. The number of nitrogens with zero attached hydrogens (tertiary/aromatic N) is 4. The summed E-state index contributed by atoms with van der Waals surface area (Å²) < 4.78 is 1.92. The molecule has 3 aromatic rings. The predicted molar refractivity (Wildman–Crippen MR) is 126 cm³/mol. The van der Waals surface area contributed by atoms with Crippen molar-refractivity contribution >= 4 is 28.4 Å². The van der Waals surface area contributed by atoms with Crippen LogP contribution >= 0.6 is 11.3 Å². The summed E-state index contributed by atoms with van der Waals surface area (Å²) in [6, 6.07) is 12.9. The molecule has 0 aliphatic heterocycles. The highest BCUT2D eigenvalue weighted by molar-refractivity contribution is 7.07. The third kappa shape index (κ3) is 4.82. The highest BCUT2D eigenvalue weighted by Gasteiger charge is 2.16. The second kappa shape index (κ2) is 8.98. The van der Waals surface area contributed by atoms with Crippen molar-refractivity contribution in [3.63, 3.8) is 0 Å². The topological polar surface area (TPSA) is 72.8 Å². The maximum atomic E-state index is 11.0. The molecule has 1 heterocycles. The van der Waals surface area contributed by atoms with E-state index in [9.17, 15) is 10.1 Å². The van der Waals surface area contributed by atoms with Crippen molar-refractivity contribution in [3.05, 3.63) is 73.9 Å². The maximum absolute atomic E-state index is 11.0. The average Bonchev–Trinajstić information content (AvgIpc) is 3.13. The van der Waals surface area contributed by atoms with E-state index in [1.54, 1.807) is 12.1 Å². The Balaban J connectivity index is 1.86. The summed E-state index contributed by atoms with van der Waals surface area (Å²) in [6.07, 6.45) is 4.38. The molecule has 0 saturated heterocycles. The van der Waals surface area contributed by atoms with E-state index < -0.39 is 0 Å². The van der Waals surface area contributed by atoms with Gasteiger partial charge in [-0.3, -0.25) is 10.1 Å². The van der Waals surface area contributed by atoms with Gasteiger partial charge in [-0.2, -0.15) is 5.10 Å². The smallest absolute Gasteiger partial charge is 0.258 e. The fraction of sp³-hybridized carbons (Fsp3) is 0.333. The van der Waals surface area contributed by atoms with Crippen LogP contribution in [0, 0.1) is 29.9 Å². The third-order valence-electron chi connectivity index (χ3n) is 5.63. The van der Waals surface area contributed by atoms with Gasteiger partial charge in [-0.1, -0.05) is 19.1 Å². The number of nitro groups is 1. The van der Waals surface area contributed by atoms with E-state index in [0.717, 1.165) is 52.1 Å². The van der Waals surface area contributed by atoms with Gasteiger partial charge in [0.25, 0.3) is 5.69 Å². The van der Waals surface area contributed by atoms with Gasteiger partial charge in [0, 0.05) is 28.8 Å². The molecule has 1 saturated carbocycles. The molecule has 1 aliphatic rings. The lowest BCUT2D eigenvalue weighted by Gasteiger charge is -2.19. The number of hydrogen-bond donors (Lipinski definition) is 0. The highest BCUT2D eigenvalue weighted by Crippen LogP contribution is 2.26. The number of benzene rings is 2. The Morgan fingerprint density at radius 1 is 1.16 bits per heavy atom. The minimum absolute atomic E-state index is 0.0817. The molecule has 1 aromatic heterocycles. The summed E-state index contributed by atoms with van der Waals surface area (Å²) in [5.41, 5.74) is 6.26. The first kappa shape index (κ1) is 21.2. The van der Waals surface area contributed by atoms with Crippen molar-refractivity contribution in [2.75, 3.05) is 0 Å². The number of aryl methyl sites for hydroxylation is 2. The molecule has 31 heavy (non-hydrogen) atoms. The van der Waals surface area contributed by atoms with Gasteiger partial charge in [0.15, 0.2) is 0 Å². The minimum atomic E-state index is -0.379. The van der Waals surface area contributed by atoms with Crippen LogP contribution in [0.1, 0.15) is 43.7 Å². The van der Waals surface area contributed by atoms with Crippen LogP contribution in [0.5, 0.6) is 0 Å². The van der Waals surface area contributed by atoms with E-state index in [-0.39, 0.29) is 10.6 Å². The second-order valence-electron chi connectivity index (χ2n) is 8.29. The van der Waals surface area contributed by atoms with E-state index >= 15 is 0 Å². The summed E-state index contributed by atoms with van der Waals surface area (Å²) in [6.45, 7) is 6.39. The number of nitro benzene ring substituents is 1. The minimum Gasteiger partial charge on any atom is -0.258 e. The van der Waals surface area contributed by atoms with E-state index in [2.05, 4.69) is 39.0 Å². The summed E-state index contributed by atoms with van der Waals surface area (Å²) in [5.74, 6) is 0.633. The van der Waals surface area contributed by atoms with Crippen molar-refractivity contribution in [1.82, 2.24) is 4.68 Å². The number of thiazole rings is 1. The van der Waals surface area contributed by atoms with Crippen LogP contribution in [0.2, 0.25) is 0 Å². The van der Waals surface area contributed by atoms with E-state index in [1.165, 1.54) is 35.6 Å². The zero-order chi connectivity index (χ0) is 22.0. The van der Waals surface area contributed by atoms with Gasteiger partial charge < -0.3 is 0 Å². The van der Waals surface area contributed by atoms with Crippen LogP contribution < -0.4 is 4.80 Å². The summed E-state index contributed by atoms with van der Waals surface area (Å²) in [7, 11) is 0. The second-order valence-corrected chi connectivity index (χ2v) is 9.13. The van der Waals surface area contributed by atoms with Crippen LogP contribution in [0.15, 0.2) is 57.9 Å². The fourth-order valence-corrected chi connectivity index (χ4v) is 4.71. The molecule has 2 aromatic carbocycles. The van der Waals surface area contributed by atoms with Crippen LogP contribution in [0.4, 0.5) is 11.4 Å². The van der Waals surface area contributed by atoms with Crippen LogP contribution in [0.3, 0.4) is 0 Å². The van der Waals surface area contributed by atoms with Crippen molar-refractivity contribution in [2.24, 2.45) is 16.0 Å². The molecular formula is C24H26N4O2S. The van der Waals surface area contributed by atoms with E-state index in [4.69, 9.17) is 10.1 Å². The lowest BCUT2D eigenvalue weighted by Crippen LogP contribution is -2.18. The SMILES string of the molecule is Cc1ccc(C)c(N=c2scc(-c3ccc([N+](=O)[O-])cc3)n2N=C2CCCC(C)C2)c1. The van der Waals surface area contributed by atoms with Gasteiger partial charge in [0.1, 0.15) is 0 Å². The van der Waals surface area contributed by atoms with Crippen molar-refractivity contribution in [2.45, 2.75) is 46.5 Å². The quantitative estimate of drug-likeness (QED) is 0.352. The third-order valence-corrected chi connectivity index (χ3v) is 6.44. The fourth-order valence-electron chi connectivity index (χ4n) is 3.86. The molecule has 160 valence electrons. The van der Waals surface area contributed by atoms with E-state index in [1.807, 2.05) is 10.1 Å². The molecule has 1 atom stereocenters. The van der Waals surface area contributed by atoms with Gasteiger partial charge in [-0.05, 0) is 74.8 Å². The maximum Gasteiger partial charge on any atom is 0.269 e. The Kier molecular flexibility index (Phi) is 6.13. The number of aromatic nitrogens is 1. The average molecular weight is 435 g/mol. The standard InChI is InChI=1S/C24H26N4O2S/c1-16-5-4-6-20(13-16)26-27-23(19-9-11-21(12-10-19)28(29)30)15-31-24(27)25-22-14-17(2)7-8-18(22)3/h7-12,14-16H,4-6,13H2,1-3H3. The van der Waals surface area contributed by atoms with Gasteiger partial charge in [0.05, 0.1) is 16.3 Å². The molecular weight excluding hydrogens is 408 g/mol. The van der Waals surface area contributed by atoms with Crippen LogP contribution in [0.25, 0.3) is 11.3 Å². The zero-order valence-corrected chi connectivity index (χ0v) is 18.9. The Labute approximate surface area is 185 Å². The molecule has 1 unspecified atom stereocenters. The number of non-ortho nitro benzene ring substituents is 1. The summed E-state index contributed by atoms with van der Waals surface area (Å²) >= 11 is 1.54. The molecule has 1 fully saturated rings. The Hall–Kier alpha value is -3.06. The zero-order valence-electron chi connectivity index (χ0n) is 18.0. The Morgan fingerprint density at radius 2 is 1.94 bits per heavy atom. The van der Waals surface area contributed by atoms with Gasteiger partial charge in [0.2, 0.25) is 4.80 Å². The first-order chi connectivity index (χ1) is 14.9. The lowest BCUT2D eigenvalue weighted by atomic mass is 9.89. The Bertz CT molecular complexity index is 1210. The number of rotatable bonds is 4. The van der Waals surface area contributed by atoms with Crippen LogP contribution in [-0.2, 0) is 0 Å². The summed E-state index contributed by atoms with van der Waals surface area (Å²) in [5, 5.41) is 18.1. The largest absolute Gasteiger partial charge is 0.269 e. The first-order valence-corrected chi connectivity index (χ1v) is 11.4.